The van der Waals surface area contributed by atoms with E-state index in [-0.39, 0.29) is 21.9 Å². The Hall–Kier alpha value is -2.53. The predicted molar refractivity (Wildman–Crippen MR) is 94.8 cm³/mol. The Morgan fingerprint density at radius 2 is 1.80 bits per heavy atom. The first kappa shape index (κ1) is 18.8. The number of carboxylic acids is 1. The Morgan fingerprint density at radius 1 is 1.08 bits per heavy atom. The third-order valence-electron chi connectivity index (χ3n) is 3.43. The van der Waals surface area contributed by atoms with Gasteiger partial charge in [-0.3, -0.25) is 0 Å². The summed E-state index contributed by atoms with van der Waals surface area (Å²) < 4.78 is 10.9. The highest BCUT2D eigenvalue weighted by atomic mass is 35.5. The largest absolute Gasteiger partial charge is 0.493 e. The number of ether oxygens (including phenoxy) is 2. The van der Waals surface area contributed by atoms with Gasteiger partial charge in [0.25, 0.3) is 0 Å². The van der Waals surface area contributed by atoms with Crippen LogP contribution in [0.25, 0.3) is 0 Å². The molecule has 5 nitrogen and oxygen atoms in total. The van der Waals surface area contributed by atoms with Gasteiger partial charge in [-0.15, -0.1) is 0 Å². The number of carboxylic acid groups (broad SMARTS) is 1. The molecule has 132 valence electrons. The molecule has 2 aromatic rings. The summed E-state index contributed by atoms with van der Waals surface area (Å²) in [6, 6.07) is 10.7. The Labute approximate surface area is 151 Å². The highest BCUT2D eigenvalue weighted by molar-refractivity contribution is 6.31. The highest BCUT2D eigenvalue weighted by Crippen LogP contribution is 2.26. The van der Waals surface area contributed by atoms with Crippen molar-refractivity contribution in [3.05, 3.63) is 58.6 Å². The van der Waals surface area contributed by atoms with E-state index in [1.165, 1.54) is 18.2 Å². The molecule has 0 aliphatic heterocycles. The van der Waals surface area contributed by atoms with Crippen molar-refractivity contribution in [2.45, 2.75) is 20.3 Å². The molecule has 0 atom stereocenters. The van der Waals surface area contributed by atoms with E-state index in [1.54, 1.807) is 24.3 Å². The van der Waals surface area contributed by atoms with Gasteiger partial charge in [0.2, 0.25) is 0 Å². The molecule has 2 aromatic carbocycles. The van der Waals surface area contributed by atoms with Crippen molar-refractivity contribution >= 4 is 23.5 Å². The zero-order valence-corrected chi connectivity index (χ0v) is 14.7. The van der Waals surface area contributed by atoms with Gasteiger partial charge >= 0.3 is 11.9 Å². The van der Waals surface area contributed by atoms with Crippen LogP contribution in [-0.4, -0.2) is 23.7 Å². The van der Waals surface area contributed by atoms with Gasteiger partial charge in [0.05, 0.1) is 6.61 Å². The number of para-hydroxylation sites is 1. The number of carbonyl (C=O) groups excluding carboxylic acids is 1. The molecule has 0 unspecified atom stereocenters. The lowest BCUT2D eigenvalue weighted by Gasteiger charge is -2.13. The van der Waals surface area contributed by atoms with E-state index in [2.05, 4.69) is 13.8 Å². The zero-order valence-electron chi connectivity index (χ0n) is 14.0. The topological polar surface area (TPSA) is 72.8 Å². The molecule has 0 heterocycles. The molecule has 0 fully saturated rings. The van der Waals surface area contributed by atoms with E-state index in [0.717, 1.165) is 6.42 Å². The van der Waals surface area contributed by atoms with Crippen molar-refractivity contribution in [3.63, 3.8) is 0 Å². The van der Waals surface area contributed by atoms with Crippen LogP contribution in [0.4, 0.5) is 0 Å². The van der Waals surface area contributed by atoms with E-state index < -0.39 is 11.9 Å². The number of rotatable bonds is 7. The second kappa shape index (κ2) is 8.53. The summed E-state index contributed by atoms with van der Waals surface area (Å²) in [7, 11) is 0. The molecule has 0 aliphatic rings. The average Bonchev–Trinajstić information content (AvgIpc) is 2.56. The van der Waals surface area contributed by atoms with Crippen LogP contribution < -0.4 is 9.47 Å². The van der Waals surface area contributed by atoms with Gasteiger partial charge in [0.1, 0.15) is 22.6 Å². The lowest BCUT2D eigenvalue weighted by Crippen LogP contribution is -2.13. The fraction of sp³-hybridized carbons (Fsp3) is 0.263. The monoisotopic (exact) mass is 362 g/mol. The van der Waals surface area contributed by atoms with Gasteiger partial charge in [-0.1, -0.05) is 37.6 Å². The van der Waals surface area contributed by atoms with Crippen LogP contribution in [0.15, 0.2) is 42.5 Å². The number of halogens is 1. The smallest absolute Gasteiger partial charge is 0.347 e. The SMILES string of the molecule is CC(C)CCOc1ccccc1C(=O)Oc1ccc(Cl)cc1C(=O)O. The molecule has 0 radical (unpaired) electrons. The van der Waals surface area contributed by atoms with Crippen LogP contribution in [0.2, 0.25) is 5.02 Å². The van der Waals surface area contributed by atoms with Crippen molar-refractivity contribution in [1.82, 2.24) is 0 Å². The summed E-state index contributed by atoms with van der Waals surface area (Å²) in [5.41, 5.74) is 0.0524. The van der Waals surface area contributed by atoms with Crippen LogP contribution in [0.1, 0.15) is 41.0 Å². The van der Waals surface area contributed by atoms with Crippen LogP contribution in [0, 0.1) is 5.92 Å². The van der Waals surface area contributed by atoms with Crippen LogP contribution >= 0.6 is 11.6 Å². The quantitative estimate of drug-likeness (QED) is 0.571. The molecule has 25 heavy (non-hydrogen) atoms. The van der Waals surface area contributed by atoms with Crippen molar-refractivity contribution in [1.29, 1.82) is 0 Å². The van der Waals surface area contributed by atoms with Gasteiger partial charge in [-0.2, -0.15) is 0 Å². The average molecular weight is 363 g/mol. The molecule has 0 bridgehead atoms. The van der Waals surface area contributed by atoms with E-state index in [9.17, 15) is 14.7 Å². The first-order valence-electron chi connectivity index (χ1n) is 7.85. The lowest BCUT2D eigenvalue weighted by molar-refractivity contribution is 0.0680. The first-order valence-corrected chi connectivity index (χ1v) is 8.23. The van der Waals surface area contributed by atoms with E-state index in [0.29, 0.717) is 18.3 Å². The van der Waals surface area contributed by atoms with Crippen molar-refractivity contribution < 1.29 is 24.2 Å². The van der Waals surface area contributed by atoms with E-state index in [1.807, 2.05) is 0 Å². The maximum atomic E-state index is 12.5. The first-order chi connectivity index (χ1) is 11.9. The zero-order chi connectivity index (χ0) is 18.4. The molecular formula is C19H19ClO5. The molecule has 6 heteroatoms. The van der Waals surface area contributed by atoms with Gasteiger partial charge < -0.3 is 14.6 Å². The number of esters is 1. The number of benzene rings is 2. The summed E-state index contributed by atoms with van der Waals surface area (Å²) in [6.07, 6.45) is 0.851. The van der Waals surface area contributed by atoms with Crippen molar-refractivity contribution in [2.24, 2.45) is 5.92 Å². The molecule has 1 N–H and O–H groups in total. The predicted octanol–water partition coefficient (Wildman–Crippen LogP) is 4.68. The normalized spacial score (nSPS) is 10.6. The fourth-order valence-electron chi connectivity index (χ4n) is 2.08. The summed E-state index contributed by atoms with van der Waals surface area (Å²) in [6.45, 7) is 4.64. The van der Waals surface area contributed by atoms with Gasteiger partial charge in [0, 0.05) is 5.02 Å². The second-order valence-corrected chi connectivity index (χ2v) is 6.30. The fourth-order valence-corrected chi connectivity index (χ4v) is 2.25. The second-order valence-electron chi connectivity index (χ2n) is 5.86. The highest BCUT2D eigenvalue weighted by Gasteiger charge is 2.19. The minimum atomic E-state index is -1.23. The summed E-state index contributed by atoms with van der Waals surface area (Å²) in [5.74, 6) is -1.11. The summed E-state index contributed by atoms with van der Waals surface area (Å²) in [5, 5.41) is 9.47. The molecule has 0 saturated heterocycles. The number of hydrogen-bond acceptors (Lipinski definition) is 4. The standard InChI is InChI=1S/C19H19ClO5/c1-12(2)9-10-24-16-6-4-3-5-14(16)19(23)25-17-8-7-13(20)11-15(17)18(21)22/h3-8,11-12H,9-10H2,1-2H3,(H,21,22). The number of aromatic carboxylic acids is 1. The molecule has 0 amide bonds. The van der Waals surface area contributed by atoms with Crippen molar-refractivity contribution in [3.8, 4) is 11.5 Å². The van der Waals surface area contributed by atoms with E-state index in [4.69, 9.17) is 21.1 Å². The number of carbonyl (C=O) groups is 2. The third kappa shape index (κ3) is 5.22. The van der Waals surface area contributed by atoms with Crippen LogP contribution in [0.5, 0.6) is 11.5 Å². The molecule has 0 spiro atoms. The molecular weight excluding hydrogens is 344 g/mol. The number of hydrogen-bond donors (Lipinski definition) is 1. The van der Waals surface area contributed by atoms with Crippen LogP contribution in [-0.2, 0) is 0 Å². The van der Waals surface area contributed by atoms with Gasteiger partial charge in [-0.05, 0) is 42.7 Å². The Morgan fingerprint density at radius 3 is 2.48 bits per heavy atom. The van der Waals surface area contributed by atoms with Gasteiger partial charge in [-0.25, -0.2) is 9.59 Å². The maximum absolute atomic E-state index is 12.5. The summed E-state index contributed by atoms with van der Waals surface area (Å²) >= 11 is 5.80. The summed E-state index contributed by atoms with van der Waals surface area (Å²) in [4.78, 5) is 23.8. The van der Waals surface area contributed by atoms with E-state index >= 15 is 0 Å². The maximum Gasteiger partial charge on any atom is 0.347 e. The molecule has 0 aliphatic carbocycles. The molecule has 2 rings (SSSR count). The Kier molecular flexibility index (Phi) is 6.42. The lowest BCUT2D eigenvalue weighted by atomic mass is 10.1. The van der Waals surface area contributed by atoms with Crippen molar-refractivity contribution in [2.75, 3.05) is 6.61 Å². The minimum absolute atomic E-state index is 0.0705. The Bertz CT molecular complexity index is 770. The molecule has 0 aromatic heterocycles. The molecule has 0 saturated carbocycles. The minimum Gasteiger partial charge on any atom is -0.493 e. The Balaban J connectivity index is 2.20. The third-order valence-corrected chi connectivity index (χ3v) is 3.67. The van der Waals surface area contributed by atoms with Crippen LogP contribution in [0.3, 0.4) is 0 Å². The van der Waals surface area contributed by atoms with Gasteiger partial charge in [0.15, 0.2) is 0 Å².